The highest BCUT2D eigenvalue weighted by Crippen LogP contribution is 2.27. The van der Waals surface area contributed by atoms with Crippen molar-refractivity contribution in [2.75, 3.05) is 20.7 Å². The molecule has 1 aromatic carbocycles. The third-order valence-corrected chi connectivity index (χ3v) is 3.40. The number of aliphatic imine (C=N–C) groups is 1. The van der Waals surface area contributed by atoms with Crippen molar-refractivity contribution >= 4 is 12.1 Å². The van der Waals surface area contributed by atoms with Crippen LogP contribution in [-0.4, -0.2) is 37.7 Å². The van der Waals surface area contributed by atoms with Crippen molar-refractivity contribution < 1.29 is 9.53 Å². The van der Waals surface area contributed by atoms with Crippen LogP contribution in [0.4, 0.5) is 4.79 Å². The van der Waals surface area contributed by atoms with Gasteiger partial charge in [-0.2, -0.15) is 0 Å². The third-order valence-electron chi connectivity index (χ3n) is 3.40. The van der Waals surface area contributed by atoms with E-state index in [-0.39, 0.29) is 6.04 Å². The minimum atomic E-state index is -0.494. The molecule has 102 valence electrons. The van der Waals surface area contributed by atoms with Crippen LogP contribution in [0.25, 0.3) is 0 Å². The second-order valence-electron chi connectivity index (χ2n) is 4.77. The number of alkyl carbamates (subject to hydrolysis) is 1. The Balaban J connectivity index is 2.15. The molecule has 1 N–H and O–H groups in total. The van der Waals surface area contributed by atoms with E-state index >= 15 is 0 Å². The molecule has 1 aliphatic rings. The Hall–Kier alpha value is -2.04. The van der Waals surface area contributed by atoms with Gasteiger partial charge in [0.1, 0.15) is 0 Å². The van der Waals surface area contributed by atoms with E-state index in [0.29, 0.717) is 12.5 Å². The minimum Gasteiger partial charge on any atom is -0.453 e. The fraction of sp³-hybridized carbons (Fsp3) is 0.429. The lowest BCUT2D eigenvalue weighted by Gasteiger charge is -2.24. The topological polar surface area (TPSA) is 53.9 Å². The van der Waals surface area contributed by atoms with E-state index in [4.69, 9.17) is 0 Å². The second kappa shape index (κ2) is 5.30. The average Bonchev–Trinajstić information content (AvgIpc) is 2.71. The summed E-state index contributed by atoms with van der Waals surface area (Å²) in [6.07, 6.45) is -0.494. The Morgan fingerprint density at radius 1 is 1.47 bits per heavy atom. The van der Waals surface area contributed by atoms with E-state index in [1.165, 1.54) is 23.8 Å². The summed E-state index contributed by atoms with van der Waals surface area (Å²) in [5, 5.41) is 2.62. The van der Waals surface area contributed by atoms with Crippen LogP contribution in [0.3, 0.4) is 0 Å². The molecule has 0 aliphatic carbocycles. The molecule has 0 saturated carbocycles. The molecule has 0 spiro atoms. The zero-order valence-electron chi connectivity index (χ0n) is 11.7. The molecule has 1 aromatic rings. The van der Waals surface area contributed by atoms with Gasteiger partial charge in [0.15, 0.2) is 0 Å². The van der Waals surface area contributed by atoms with Crippen LogP contribution in [0.5, 0.6) is 0 Å². The standard InChI is InChI=1S/C14H19N3O2/c1-9-5-6-11(10(2)7-9)12-8-15-13(17(12)3)16-14(18)19-4/h5-7,12H,8H2,1-4H3,(H,15,16,18). The molecule has 1 amide bonds. The van der Waals surface area contributed by atoms with Crippen molar-refractivity contribution in [2.45, 2.75) is 19.9 Å². The average molecular weight is 261 g/mol. The van der Waals surface area contributed by atoms with Crippen molar-refractivity contribution in [1.82, 2.24) is 10.2 Å². The SMILES string of the molecule is COC(=O)NC1=NCC(c2ccc(C)cc2C)N1C. The maximum atomic E-state index is 11.2. The Morgan fingerprint density at radius 2 is 2.21 bits per heavy atom. The Morgan fingerprint density at radius 3 is 2.84 bits per heavy atom. The van der Waals surface area contributed by atoms with Gasteiger partial charge in [0.2, 0.25) is 5.96 Å². The van der Waals surface area contributed by atoms with Gasteiger partial charge in [-0.3, -0.25) is 10.3 Å². The van der Waals surface area contributed by atoms with Gasteiger partial charge in [-0.15, -0.1) is 0 Å². The van der Waals surface area contributed by atoms with Crippen LogP contribution in [0.1, 0.15) is 22.7 Å². The molecule has 5 nitrogen and oxygen atoms in total. The van der Waals surface area contributed by atoms with Crippen LogP contribution >= 0.6 is 0 Å². The predicted molar refractivity (Wildman–Crippen MR) is 74.3 cm³/mol. The molecule has 0 saturated heterocycles. The predicted octanol–water partition coefficient (Wildman–Crippen LogP) is 2.00. The molecule has 0 bridgehead atoms. The number of methoxy groups -OCH3 is 1. The van der Waals surface area contributed by atoms with Crippen molar-refractivity contribution in [3.05, 3.63) is 34.9 Å². The van der Waals surface area contributed by atoms with E-state index in [0.717, 1.165) is 0 Å². The summed E-state index contributed by atoms with van der Waals surface area (Å²) in [5.41, 5.74) is 3.72. The monoisotopic (exact) mass is 261 g/mol. The molecule has 1 heterocycles. The summed E-state index contributed by atoms with van der Waals surface area (Å²) in [6, 6.07) is 6.55. The van der Waals surface area contributed by atoms with Gasteiger partial charge in [0.05, 0.1) is 19.7 Å². The van der Waals surface area contributed by atoms with Crippen molar-refractivity contribution in [2.24, 2.45) is 4.99 Å². The Bertz CT molecular complexity index is 525. The number of ether oxygens (including phenoxy) is 1. The van der Waals surface area contributed by atoms with Gasteiger partial charge < -0.3 is 9.64 Å². The second-order valence-corrected chi connectivity index (χ2v) is 4.77. The number of carbonyl (C=O) groups excluding carboxylic acids is 1. The summed E-state index contributed by atoms with van der Waals surface area (Å²) in [4.78, 5) is 17.6. The van der Waals surface area contributed by atoms with Crippen LogP contribution < -0.4 is 5.32 Å². The van der Waals surface area contributed by atoms with Crippen molar-refractivity contribution in [3.63, 3.8) is 0 Å². The van der Waals surface area contributed by atoms with Gasteiger partial charge in [0.25, 0.3) is 0 Å². The number of hydrogen-bond donors (Lipinski definition) is 1. The van der Waals surface area contributed by atoms with Crippen LogP contribution in [-0.2, 0) is 4.74 Å². The summed E-state index contributed by atoms with van der Waals surface area (Å²) >= 11 is 0. The van der Waals surface area contributed by atoms with Gasteiger partial charge in [-0.05, 0) is 25.0 Å². The molecule has 19 heavy (non-hydrogen) atoms. The Kier molecular flexibility index (Phi) is 3.74. The highest BCUT2D eigenvalue weighted by molar-refractivity contribution is 5.94. The van der Waals surface area contributed by atoms with Crippen molar-refractivity contribution in [1.29, 1.82) is 0 Å². The lowest BCUT2D eigenvalue weighted by molar-refractivity contribution is 0.175. The van der Waals surface area contributed by atoms with Gasteiger partial charge in [0, 0.05) is 7.05 Å². The fourth-order valence-electron chi connectivity index (χ4n) is 2.33. The van der Waals surface area contributed by atoms with Gasteiger partial charge in [-0.25, -0.2) is 4.79 Å². The molecule has 2 rings (SSSR count). The number of guanidine groups is 1. The zero-order valence-corrected chi connectivity index (χ0v) is 11.7. The number of rotatable bonds is 1. The van der Waals surface area contributed by atoms with E-state index in [2.05, 4.69) is 47.1 Å². The maximum Gasteiger partial charge on any atom is 0.413 e. The number of aryl methyl sites for hydroxylation is 2. The number of nitrogens with one attached hydrogen (secondary N) is 1. The minimum absolute atomic E-state index is 0.160. The highest BCUT2D eigenvalue weighted by Gasteiger charge is 2.28. The summed E-state index contributed by atoms with van der Waals surface area (Å²) in [6.45, 7) is 4.82. The van der Waals surface area contributed by atoms with E-state index in [9.17, 15) is 4.79 Å². The number of carbonyl (C=O) groups is 1. The van der Waals surface area contributed by atoms with E-state index in [1.807, 2.05) is 11.9 Å². The highest BCUT2D eigenvalue weighted by atomic mass is 16.5. The first-order chi connectivity index (χ1) is 9.02. The summed E-state index contributed by atoms with van der Waals surface area (Å²) in [5.74, 6) is 0.553. The van der Waals surface area contributed by atoms with Crippen molar-refractivity contribution in [3.8, 4) is 0 Å². The quantitative estimate of drug-likeness (QED) is 0.841. The smallest absolute Gasteiger partial charge is 0.413 e. The largest absolute Gasteiger partial charge is 0.453 e. The van der Waals surface area contributed by atoms with Crippen LogP contribution in [0, 0.1) is 13.8 Å². The molecular formula is C14H19N3O2. The van der Waals surface area contributed by atoms with Crippen LogP contribution in [0.2, 0.25) is 0 Å². The van der Waals surface area contributed by atoms with E-state index < -0.39 is 6.09 Å². The normalized spacial score (nSPS) is 18.2. The molecule has 1 aliphatic heterocycles. The number of likely N-dealkylation sites (N-methyl/N-ethyl adjacent to an activating group) is 1. The van der Waals surface area contributed by atoms with Gasteiger partial charge >= 0.3 is 6.09 Å². The molecule has 0 aromatic heterocycles. The summed E-state index contributed by atoms with van der Waals surface area (Å²) < 4.78 is 4.58. The third kappa shape index (κ3) is 2.70. The number of amides is 1. The lowest BCUT2D eigenvalue weighted by atomic mass is 9.99. The Labute approximate surface area is 113 Å². The van der Waals surface area contributed by atoms with Crippen LogP contribution in [0.15, 0.2) is 23.2 Å². The lowest BCUT2D eigenvalue weighted by Crippen LogP contribution is -2.40. The zero-order chi connectivity index (χ0) is 14.0. The molecule has 0 fully saturated rings. The van der Waals surface area contributed by atoms with Gasteiger partial charge in [-0.1, -0.05) is 23.8 Å². The molecular weight excluding hydrogens is 242 g/mol. The first-order valence-electron chi connectivity index (χ1n) is 6.22. The number of benzene rings is 1. The first-order valence-corrected chi connectivity index (χ1v) is 6.22. The molecule has 5 heteroatoms. The molecule has 1 unspecified atom stereocenters. The first kappa shape index (κ1) is 13.4. The summed E-state index contributed by atoms with van der Waals surface area (Å²) in [7, 11) is 3.26. The molecule has 1 atom stereocenters. The molecule has 0 radical (unpaired) electrons. The number of hydrogen-bond acceptors (Lipinski definition) is 4. The van der Waals surface area contributed by atoms with E-state index in [1.54, 1.807) is 0 Å². The maximum absolute atomic E-state index is 11.2. The fourth-order valence-corrected chi connectivity index (χ4v) is 2.33. The number of nitrogens with zero attached hydrogens (tertiary/aromatic N) is 2.